The second-order valence-corrected chi connectivity index (χ2v) is 6.79. The molecule has 0 N–H and O–H groups in total. The summed E-state index contributed by atoms with van der Waals surface area (Å²) < 4.78 is 6.47. The first-order valence-electron chi connectivity index (χ1n) is 9.75. The Hall–Kier alpha value is -4.00. The average Bonchev–Trinajstić information content (AvgIpc) is 2.79. The van der Waals surface area contributed by atoms with E-state index < -0.39 is 12.6 Å². The molecular weight excluding hydrogens is 394 g/mol. The van der Waals surface area contributed by atoms with Gasteiger partial charge in [-0.25, -0.2) is 9.48 Å². The van der Waals surface area contributed by atoms with E-state index in [1.165, 1.54) is 9.58 Å². The molecule has 0 aliphatic carbocycles. The number of amides is 1. The van der Waals surface area contributed by atoms with Crippen LogP contribution in [0.25, 0.3) is 10.8 Å². The summed E-state index contributed by atoms with van der Waals surface area (Å²) in [6.45, 7) is 7.61. The molecule has 0 radical (unpaired) electrons. The number of fused-ring (bicyclic) bond motifs is 1. The van der Waals surface area contributed by atoms with Gasteiger partial charge in [0.2, 0.25) is 0 Å². The second-order valence-electron chi connectivity index (χ2n) is 6.79. The van der Waals surface area contributed by atoms with Gasteiger partial charge >= 0.3 is 5.97 Å². The molecule has 0 saturated carbocycles. The molecule has 3 aromatic rings. The van der Waals surface area contributed by atoms with Gasteiger partial charge in [-0.2, -0.15) is 5.10 Å². The summed E-state index contributed by atoms with van der Waals surface area (Å²) >= 11 is 0. The van der Waals surface area contributed by atoms with E-state index in [9.17, 15) is 14.4 Å². The van der Waals surface area contributed by atoms with Crippen LogP contribution in [0.2, 0.25) is 0 Å². The van der Waals surface area contributed by atoms with Crippen molar-refractivity contribution in [2.45, 2.75) is 6.54 Å². The minimum atomic E-state index is -0.775. The van der Waals surface area contributed by atoms with Crippen molar-refractivity contribution in [2.75, 3.05) is 19.7 Å². The Morgan fingerprint density at radius 1 is 0.968 bits per heavy atom. The van der Waals surface area contributed by atoms with Crippen molar-refractivity contribution in [3.63, 3.8) is 0 Å². The van der Waals surface area contributed by atoms with Gasteiger partial charge in [-0.15, -0.1) is 13.2 Å². The summed E-state index contributed by atoms with van der Waals surface area (Å²) in [5, 5.41) is 4.99. The fourth-order valence-corrected chi connectivity index (χ4v) is 3.13. The summed E-state index contributed by atoms with van der Waals surface area (Å²) in [5.74, 6) is -1.15. The van der Waals surface area contributed by atoms with Crippen LogP contribution in [0, 0.1) is 0 Å². The molecule has 1 amide bonds. The van der Waals surface area contributed by atoms with Crippen LogP contribution in [0.5, 0.6) is 0 Å². The van der Waals surface area contributed by atoms with Crippen LogP contribution >= 0.6 is 0 Å². The zero-order valence-corrected chi connectivity index (χ0v) is 17.1. The quantitative estimate of drug-likeness (QED) is 0.395. The highest BCUT2D eigenvalue weighted by atomic mass is 16.5. The van der Waals surface area contributed by atoms with Gasteiger partial charge in [0.25, 0.3) is 11.5 Å². The summed E-state index contributed by atoms with van der Waals surface area (Å²) in [7, 11) is 0. The summed E-state index contributed by atoms with van der Waals surface area (Å²) in [4.78, 5) is 39.5. The van der Waals surface area contributed by atoms with Crippen molar-refractivity contribution in [1.82, 2.24) is 14.7 Å². The van der Waals surface area contributed by atoms with Crippen molar-refractivity contribution in [2.24, 2.45) is 0 Å². The summed E-state index contributed by atoms with van der Waals surface area (Å²) in [6.07, 6.45) is 3.16. The number of ether oxygens (including phenoxy) is 1. The maximum atomic E-state index is 12.9. The van der Waals surface area contributed by atoms with Gasteiger partial charge in [0.05, 0.1) is 11.9 Å². The number of carbonyl (C=O) groups is 2. The topological polar surface area (TPSA) is 81.5 Å². The minimum Gasteiger partial charge on any atom is -0.451 e. The molecule has 0 aliphatic heterocycles. The van der Waals surface area contributed by atoms with E-state index in [4.69, 9.17) is 4.74 Å². The fourth-order valence-electron chi connectivity index (χ4n) is 3.13. The Labute approximate surface area is 179 Å². The molecule has 0 aliphatic rings. The van der Waals surface area contributed by atoms with Gasteiger partial charge in [0.1, 0.15) is 0 Å². The molecule has 2 aromatic carbocycles. The molecule has 7 nitrogen and oxygen atoms in total. The van der Waals surface area contributed by atoms with E-state index in [0.29, 0.717) is 23.9 Å². The molecule has 0 unspecified atom stereocenters. The summed E-state index contributed by atoms with van der Waals surface area (Å²) in [6, 6.07) is 16.0. The van der Waals surface area contributed by atoms with Crippen LogP contribution in [-0.2, 0) is 16.1 Å². The highest BCUT2D eigenvalue weighted by Crippen LogP contribution is 2.15. The monoisotopic (exact) mass is 417 g/mol. The molecule has 3 rings (SSSR count). The van der Waals surface area contributed by atoms with Gasteiger partial charge in [0, 0.05) is 18.5 Å². The smallest absolute Gasteiger partial charge is 0.359 e. The van der Waals surface area contributed by atoms with E-state index in [1.54, 1.807) is 36.4 Å². The number of aromatic nitrogens is 2. The Kier molecular flexibility index (Phi) is 7.11. The van der Waals surface area contributed by atoms with Crippen molar-refractivity contribution in [3.8, 4) is 0 Å². The third-order valence-corrected chi connectivity index (χ3v) is 4.61. The van der Waals surface area contributed by atoms with Crippen LogP contribution < -0.4 is 5.56 Å². The number of hydrogen-bond donors (Lipinski definition) is 0. The Bertz CT molecular complexity index is 1160. The third-order valence-electron chi connectivity index (χ3n) is 4.61. The van der Waals surface area contributed by atoms with Crippen molar-refractivity contribution in [1.29, 1.82) is 0 Å². The average molecular weight is 417 g/mol. The van der Waals surface area contributed by atoms with E-state index in [1.807, 2.05) is 30.3 Å². The van der Waals surface area contributed by atoms with Gasteiger partial charge in [0.15, 0.2) is 12.3 Å². The summed E-state index contributed by atoms with van der Waals surface area (Å²) in [5.41, 5.74) is 0.541. The molecule has 0 saturated heterocycles. The largest absolute Gasteiger partial charge is 0.451 e. The van der Waals surface area contributed by atoms with Crippen LogP contribution in [-0.4, -0.2) is 46.3 Å². The first kappa shape index (κ1) is 21.7. The van der Waals surface area contributed by atoms with Crippen molar-refractivity contribution >= 4 is 22.6 Å². The zero-order valence-electron chi connectivity index (χ0n) is 17.1. The molecule has 1 aromatic heterocycles. The Balaban J connectivity index is 1.89. The Morgan fingerprint density at radius 2 is 1.58 bits per heavy atom. The SMILES string of the molecule is C=CCN(CC=C)C(=O)COC(=O)c1nn(Cc2ccccc2)c(=O)c2ccccc12. The number of hydrogen-bond acceptors (Lipinski definition) is 5. The van der Waals surface area contributed by atoms with Gasteiger partial charge in [-0.05, 0) is 11.6 Å². The van der Waals surface area contributed by atoms with Gasteiger partial charge in [-0.1, -0.05) is 60.7 Å². The van der Waals surface area contributed by atoms with Gasteiger partial charge in [-0.3, -0.25) is 9.59 Å². The molecule has 0 fully saturated rings. The first-order valence-corrected chi connectivity index (χ1v) is 9.75. The number of rotatable bonds is 9. The van der Waals surface area contributed by atoms with Crippen molar-refractivity contribution in [3.05, 3.63) is 102 Å². The molecular formula is C24H23N3O4. The lowest BCUT2D eigenvalue weighted by Crippen LogP contribution is -2.35. The van der Waals surface area contributed by atoms with Crippen molar-refractivity contribution < 1.29 is 14.3 Å². The molecule has 7 heteroatoms. The number of carbonyl (C=O) groups excluding carboxylic acids is 2. The third kappa shape index (κ3) is 5.14. The van der Waals surface area contributed by atoms with Crippen LogP contribution in [0.4, 0.5) is 0 Å². The standard InChI is InChI=1S/C24H23N3O4/c1-3-14-26(15-4-2)21(28)17-31-24(30)22-19-12-8-9-13-20(19)23(29)27(25-22)16-18-10-6-5-7-11-18/h3-13H,1-2,14-17H2. The maximum absolute atomic E-state index is 12.9. The first-order chi connectivity index (χ1) is 15.0. The molecule has 0 bridgehead atoms. The number of esters is 1. The molecule has 0 atom stereocenters. The van der Waals surface area contributed by atoms with E-state index in [2.05, 4.69) is 18.3 Å². The Morgan fingerprint density at radius 3 is 2.23 bits per heavy atom. The highest BCUT2D eigenvalue weighted by molar-refractivity contribution is 6.02. The number of benzene rings is 2. The van der Waals surface area contributed by atoms with Crippen LogP contribution in [0.1, 0.15) is 16.1 Å². The van der Waals surface area contributed by atoms with E-state index in [-0.39, 0.29) is 23.7 Å². The van der Waals surface area contributed by atoms with Crippen LogP contribution in [0.15, 0.2) is 84.7 Å². The minimum absolute atomic E-state index is 0.0158. The predicted molar refractivity (Wildman–Crippen MR) is 119 cm³/mol. The fraction of sp³-hybridized carbons (Fsp3) is 0.167. The molecule has 31 heavy (non-hydrogen) atoms. The lowest BCUT2D eigenvalue weighted by molar-refractivity contribution is -0.133. The lowest BCUT2D eigenvalue weighted by atomic mass is 10.1. The lowest BCUT2D eigenvalue weighted by Gasteiger charge is -2.19. The predicted octanol–water partition coefficient (Wildman–Crippen LogP) is 2.80. The molecule has 1 heterocycles. The molecule has 0 spiro atoms. The second kappa shape index (κ2) is 10.2. The van der Waals surface area contributed by atoms with Crippen LogP contribution in [0.3, 0.4) is 0 Å². The maximum Gasteiger partial charge on any atom is 0.359 e. The number of nitrogens with zero attached hydrogens (tertiary/aromatic N) is 3. The van der Waals surface area contributed by atoms with E-state index in [0.717, 1.165) is 5.56 Å². The van der Waals surface area contributed by atoms with E-state index >= 15 is 0 Å². The van der Waals surface area contributed by atoms with Gasteiger partial charge < -0.3 is 9.64 Å². The zero-order chi connectivity index (χ0) is 22.2. The molecule has 158 valence electrons. The normalized spacial score (nSPS) is 10.5. The highest BCUT2D eigenvalue weighted by Gasteiger charge is 2.20.